The van der Waals surface area contributed by atoms with Crippen molar-refractivity contribution in [2.24, 2.45) is 0 Å². The van der Waals surface area contributed by atoms with Crippen LogP contribution in [0.4, 0.5) is 0 Å². The van der Waals surface area contributed by atoms with E-state index in [1.165, 1.54) is 41.1 Å². The van der Waals surface area contributed by atoms with Crippen LogP contribution in [-0.4, -0.2) is 56.6 Å². The van der Waals surface area contributed by atoms with Gasteiger partial charge in [-0.15, -0.1) is 0 Å². The largest absolute Gasteiger partial charge is 0.492 e. The summed E-state index contributed by atoms with van der Waals surface area (Å²) in [5.74, 6) is -0.639. The maximum atomic E-state index is 13.2. The maximum absolute atomic E-state index is 13.2. The molecule has 0 radical (unpaired) electrons. The van der Waals surface area contributed by atoms with Gasteiger partial charge in [0.15, 0.2) is 14.6 Å². The number of carbonyl (C=O) groups is 2. The summed E-state index contributed by atoms with van der Waals surface area (Å²) < 4.78 is 35.3. The molecule has 1 aromatic carbocycles. The summed E-state index contributed by atoms with van der Waals surface area (Å²) in [5.41, 5.74) is 2.44. The van der Waals surface area contributed by atoms with Crippen molar-refractivity contribution in [3.05, 3.63) is 46.7 Å². The molecule has 0 spiro atoms. The Bertz CT molecular complexity index is 983. The molecule has 2 amide bonds. The van der Waals surface area contributed by atoms with Gasteiger partial charge in [-0.1, -0.05) is 0 Å². The molecule has 1 fully saturated rings. The van der Waals surface area contributed by atoms with Crippen LogP contribution >= 0.6 is 11.3 Å². The predicted molar refractivity (Wildman–Crippen MR) is 113 cm³/mol. The number of benzene rings is 1. The van der Waals surface area contributed by atoms with E-state index in [0.29, 0.717) is 18.7 Å². The lowest BCUT2D eigenvalue weighted by atomic mass is 9.98. The summed E-state index contributed by atoms with van der Waals surface area (Å²) in [6, 6.07) is 7.60. The van der Waals surface area contributed by atoms with E-state index in [4.69, 9.17) is 14.7 Å². The summed E-state index contributed by atoms with van der Waals surface area (Å²) in [4.78, 5) is 24.1. The molecule has 11 heteroatoms. The van der Waals surface area contributed by atoms with Crippen LogP contribution in [0.1, 0.15) is 18.4 Å². The lowest BCUT2D eigenvalue weighted by Gasteiger charge is -2.34. The minimum absolute atomic E-state index is 0.0468. The molecule has 0 atom stereocenters. The molecule has 1 aliphatic rings. The van der Waals surface area contributed by atoms with Crippen LogP contribution in [0.2, 0.25) is 0 Å². The molecule has 3 N–H and O–H groups in total. The molecule has 168 valence electrons. The highest BCUT2D eigenvalue weighted by Crippen LogP contribution is 2.35. The Labute approximate surface area is 184 Å². The van der Waals surface area contributed by atoms with Gasteiger partial charge in [-0.2, -0.15) is 11.3 Å². The van der Waals surface area contributed by atoms with Crippen LogP contribution in [0.15, 0.2) is 46.0 Å². The van der Waals surface area contributed by atoms with E-state index in [1.807, 2.05) is 16.8 Å². The number of hydroxylamine groups is 1. The summed E-state index contributed by atoms with van der Waals surface area (Å²) >= 11 is 1.53. The number of ether oxygens (including phenoxy) is 2. The Hall–Kier alpha value is -2.47. The predicted octanol–water partition coefficient (Wildman–Crippen LogP) is 1.31. The highest BCUT2D eigenvalue weighted by atomic mass is 32.2. The van der Waals surface area contributed by atoms with Crippen LogP contribution < -0.4 is 15.5 Å². The van der Waals surface area contributed by atoms with Gasteiger partial charge >= 0.3 is 0 Å². The van der Waals surface area contributed by atoms with Crippen molar-refractivity contribution in [2.75, 3.05) is 26.4 Å². The lowest BCUT2D eigenvalue weighted by molar-refractivity contribution is -0.134. The van der Waals surface area contributed by atoms with E-state index in [-0.39, 0.29) is 43.5 Å². The van der Waals surface area contributed by atoms with E-state index in [2.05, 4.69) is 5.32 Å². The number of sulfone groups is 1. The Morgan fingerprint density at radius 1 is 1.16 bits per heavy atom. The van der Waals surface area contributed by atoms with Crippen LogP contribution in [0.3, 0.4) is 0 Å². The van der Waals surface area contributed by atoms with Crippen molar-refractivity contribution in [3.63, 3.8) is 0 Å². The Morgan fingerprint density at radius 3 is 2.48 bits per heavy atom. The maximum Gasteiger partial charge on any atom is 0.265 e. The third-order valence-corrected chi connectivity index (χ3v) is 8.35. The molecule has 1 aromatic heterocycles. The van der Waals surface area contributed by atoms with E-state index in [0.717, 1.165) is 5.56 Å². The molecule has 2 heterocycles. The van der Waals surface area contributed by atoms with Gasteiger partial charge in [0.25, 0.3) is 5.91 Å². The number of hydrogen-bond acceptors (Lipinski definition) is 8. The molecule has 2 aromatic rings. The van der Waals surface area contributed by atoms with E-state index in [1.54, 1.807) is 0 Å². The second kappa shape index (κ2) is 10.2. The topological polar surface area (TPSA) is 131 Å². The van der Waals surface area contributed by atoms with Crippen LogP contribution in [-0.2, 0) is 30.6 Å². The normalized spacial score (nSPS) is 15.8. The van der Waals surface area contributed by atoms with Gasteiger partial charge < -0.3 is 14.8 Å². The first-order valence-corrected chi connectivity index (χ1v) is 12.1. The number of hydrogen-bond donors (Lipinski definition) is 3. The smallest absolute Gasteiger partial charge is 0.265 e. The zero-order chi connectivity index (χ0) is 22.3. The number of thiophene rings is 1. The zero-order valence-electron chi connectivity index (χ0n) is 16.7. The minimum Gasteiger partial charge on any atom is -0.492 e. The van der Waals surface area contributed by atoms with Gasteiger partial charge in [-0.05, 0) is 59.5 Å². The van der Waals surface area contributed by atoms with Crippen molar-refractivity contribution in [1.82, 2.24) is 10.8 Å². The molecular formula is C20H24N2O7S2. The standard InChI is InChI=1S/C20H24N2O7S2/c23-18(13-15-5-12-30-14-15)21-8-11-29-16-1-3-17(4-2-16)31(26,27)20(19(24)22-25)6-9-28-10-7-20/h1-5,12,14,25H,6-11,13H2,(H,21,23)(H,22,24). The molecule has 31 heavy (non-hydrogen) atoms. The molecule has 0 saturated carbocycles. The summed E-state index contributed by atoms with van der Waals surface area (Å²) in [5, 5.41) is 15.7. The third-order valence-electron chi connectivity index (χ3n) is 5.10. The van der Waals surface area contributed by atoms with Crippen LogP contribution in [0.5, 0.6) is 5.75 Å². The highest BCUT2D eigenvalue weighted by molar-refractivity contribution is 7.93. The number of carbonyl (C=O) groups excluding carboxylic acids is 2. The molecule has 0 bridgehead atoms. The van der Waals surface area contributed by atoms with Crippen molar-refractivity contribution in [1.29, 1.82) is 0 Å². The summed E-state index contributed by atoms with van der Waals surface area (Å²) in [6.07, 6.45) is 0.209. The zero-order valence-corrected chi connectivity index (χ0v) is 18.3. The van der Waals surface area contributed by atoms with E-state index >= 15 is 0 Å². The van der Waals surface area contributed by atoms with Crippen molar-refractivity contribution in [3.8, 4) is 5.75 Å². The summed E-state index contributed by atoms with van der Waals surface area (Å²) in [6.45, 7) is 0.733. The molecule has 9 nitrogen and oxygen atoms in total. The van der Waals surface area contributed by atoms with Gasteiger partial charge in [0.05, 0.1) is 17.9 Å². The van der Waals surface area contributed by atoms with Crippen molar-refractivity contribution < 1.29 is 32.7 Å². The van der Waals surface area contributed by atoms with Gasteiger partial charge in [-0.3, -0.25) is 14.8 Å². The monoisotopic (exact) mass is 468 g/mol. The highest BCUT2D eigenvalue weighted by Gasteiger charge is 2.52. The van der Waals surface area contributed by atoms with Crippen LogP contribution in [0.25, 0.3) is 0 Å². The average molecular weight is 469 g/mol. The fourth-order valence-electron chi connectivity index (χ4n) is 3.36. The first kappa shape index (κ1) is 23.2. The Kier molecular flexibility index (Phi) is 7.65. The van der Waals surface area contributed by atoms with Crippen molar-refractivity contribution in [2.45, 2.75) is 28.9 Å². The fourth-order valence-corrected chi connectivity index (χ4v) is 5.97. The summed E-state index contributed by atoms with van der Waals surface area (Å²) in [7, 11) is -4.08. The number of nitrogens with one attached hydrogen (secondary N) is 2. The number of rotatable bonds is 9. The molecular weight excluding hydrogens is 444 g/mol. The first-order valence-electron chi connectivity index (χ1n) is 9.66. The average Bonchev–Trinajstić information content (AvgIpc) is 3.29. The van der Waals surface area contributed by atoms with Gasteiger partial charge in [-0.25, -0.2) is 13.9 Å². The van der Waals surface area contributed by atoms with Gasteiger partial charge in [0, 0.05) is 13.2 Å². The molecule has 1 saturated heterocycles. The molecule has 1 aliphatic heterocycles. The van der Waals surface area contributed by atoms with Crippen LogP contribution in [0, 0.1) is 0 Å². The van der Waals surface area contributed by atoms with E-state index < -0.39 is 20.5 Å². The first-order chi connectivity index (χ1) is 14.9. The molecule has 0 aliphatic carbocycles. The molecule has 0 unspecified atom stereocenters. The molecule has 3 rings (SSSR count). The Balaban J connectivity index is 1.57. The van der Waals surface area contributed by atoms with E-state index in [9.17, 15) is 18.0 Å². The lowest BCUT2D eigenvalue weighted by Crippen LogP contribution is -2.54. The third kappa shape index (κ3) is 5.24. The quantitative estimate of drug-likeness (QED) is 0.287. The van der Waals surface area contributed by atoms with Crippen molar-refractivity contribution >= 4 is 33.0 Å². The Morgan fingerprint density at radius 2 is 1.87 bits per heavy atom. The second-order valence-electron chi connectivity index (χ2n) is 7.03. The minimum atomic E-state index is -4.08. The van der Waals surface area contributed by atoms with Gasteiger partial charge in [0.1, 0.15) is 12.4 Å². The fraction of sp³-hybridized carbons (Fsp3) is 0.400. The van der Waals surface area contributed by atoms with Gasteiger partial charge in [0.2, 0.25) is 5.91 Å². The SMILES string of the molecule is O=C(Cc1ccsc1)NCCOc1ccc(S(=O)(=O)C2(C(=O)NO)CCOCC2)cc1. The number of amides is 2. The second-order valence-corrected chi connectivity index (χ2v) is 10.1.